The van der Waals surface area contributed by atoms with Gasteiger partial charge in [-0.05, 0) is 25.3 Å². The van der Waals surface area contributed by atoms with Gasteiger partial charge in [-0.1, -0.05) is 0 Å². The number of hydrogen-bond donors (Lipinski definition) is 2. The van der Waals surface area contributed by atoms with Gasteiger partial charge in [0.25, 0.3) is 5.91 Å². The van der Waals surface area contributed by atoms with E-state index >= 15 is 0 Å². The Morgan fingerprint density at radius 3 is 2.67 bits per heavy atom. The topological polar surface area (TPSA) is 107 Å². The Bertz CT molecular complexity index is 546. The van der Waals surface area contributed by atoms with Gasteiger partial charge in [0.1, 0.15) is 0 Å². The maximum absolute atomic E-state index is 12.0. The van der Waals surface area contributed by atoms with E-state index in [0.717, 1.165) is 19.3 Å². The SMILES string of the molecule is COc1cc(C(=O)NCC2(N)CCC2)ccc1[N+](=O)[O-].Cl. The number of methoxy groups -OCH3 is 1. The van der Waals surface area contributed by atoms with Crippen molar-refractivity contribution >= 4 is 24.0 Å². The number of rotatable bonds is 5. The van der Waals surface area contributed by atoms with Gasteiger partial charge in [-0.15, -0.1) is 12.4 Å². The van der Waals surface area contributed by atoms with Crippen LogP contribution in [0.3, 0.4) is 0 Å². The zero-order valence-corrected chi connectivity index (χ0v) is 12.4. The predicted octanol–water partition coefficient (Wildman–Crippen LogP) is 1.64. The van der Waals surface area contributed by atoms with Gasteiger partial charge < -0.3 is 15.8 Å². The average molecular weight is 316 g/mol. The molecule has 0 radical (unpaired) electrons. The Hall–Kier alpha value is -1.86. The number of carbonyl (C=O) groups excluding carboxylic acids is 1. The van der Waals surface area contributed by atoms with Crippen molar-refractivity contribution in [3.63, 3.8) is 0 Å². The van der Waals surface area contributed by atoms with Crippen molar-refractivity contribution in [2.75, 3.05) is 13.7 Å². The number of nitro benzene ring substituents is 1. The fourth-order valence-corrected chi connectivity index (χ4v) is 2.14. The number of benzene rings is 1. The number of amides is 1. The second kappa shape index (κ2) is 6.73. The maximum atomic E-state index is 12.0. The molecule has 0 aliphatic heterocycles. The van der Waals surface area contributed by atoms with Crippen molar-refractivity contribution in [1.82, 2.24) is 5.32 Å². The van der Waals surface area contributed by atoms with Gasteiger partial charge in [0.2, 0.25) is 0 Å². The van der Waals surface area contributed by atoms with E-state index in [2.05, 4.69) is 5.32 Å². The molecule has 116 valence electrons. The van der Waals surface area contributed by atoms with Gasteiger partial charge >= 0.3 is 5.69 Å². The summed E-state index contributed by atoms with van der Waals surface area (Å²) >= 11 is 0. The Labute approximate surface area is 128 Å². The zero-order valence-electron chi connectivity index (χ0n) is 11.6. The first-order valence-electron chi connectivity index (χ1n) is 6.35. The Morgan fingerprint density at radius 1 is 1.52 bits per heavy atom. The van der Waals surface area contributed by atoms with Crippen LogP contribution in [0.4, 0.5) is 5.69 Å². The molecule has 0 atom stereocenters. The average Bonchev–Trinajstić information content (AvgIpc) is 2.41. The van der Waals surface area contributed by atoms with E-state index in [4.69, 9.17) is 10.5 Å². The van der Waals surface area contributed by atoms with E-state index in [1.165, 1.54) is 25.3 Å². The van der Waals surface area contributed by atoms with E-state index in [9.17, 15) is 14.9 Å². The predicted molar refractivity (Wildman–Crippen MR) is 80.0 cm³/mol. The van der Waals surface area contributed by atoms with Crippen LogP contribution in [0.2, 0.25) is 0 Å². The van der Waals surface area contributed by atoms with Crippen LogP contribution >= 0.6 is 12.4 Å². The number of nitrogens with zero attached hydrogens (tertiary/aromatic N) is 1. The van der Waals surface area contributed by atoms with Crippen LogP contribution in [0.25, 0.3) is 0 Å². The van der Waals surface area contributed by atoms with Crippen LogP contribution in [0, 0.1) is 10.1 Å². The number of halogens is 1. The standard InChI is InChI=1S/C13H17N3O4.ClH/c1-20-11-7-9(3-4-10(11)16(18)19)12(17)15-8-13(14)5-2-6-13;/h3-4,7H,2,5-6,8,14H2,1H3,(H,15,17);1H. The minimum atomic E-state index is -0.552. The molecule has 1 aliphatic carbocycles. The van der Waals surface area contributed by atoms with Crippen LogP contribution in [0.15, 0.2) is 18.2 Å². The molecule has 1 amide bonds. The number of hydrogen-bond acceptors (Lipinski definition) is 5. The van der Waals surface area contributed by atoms with Crippen molar-refractivity contribution in [3.8, 4) is 5.75 Å². The van der Waals surface area contributed by atoms with Gasteiger partial charge in [-0.3, -0.25) is 14.9 Å². The second-order valence-electron chi connectivity index (χ2n) is 5.04. The van der Waals surface area contributed by atoms with Crippen molar-refractivity contribution < 1.29 is 14.5 Å². The summed E-state index contributed by atoms with van der Waals surface area (Å²) in [5.74, 6) is -0.247. The van der Waals surface area contributed by atoms with Crippen LogP contribution < -0.4 is 15.8 Å². The van der Waals surface area contributed by atoms with E-state index in [1.807, 2.05) is 0 Å². The number of nitrogens with two attached hydrogens (primary N) is 1. The molecule has 0 spiro atoms. The molecule has 8 heteroatoms. The summed E-state index contributed by atoms with van der Waals surface area (Å²) in [4.78, 5) is 22.2. The van der Waals surface area contributed by atoms with Crippen molar-refractivity contribution in [2.45, 2.75) is 24.8 Å². The summed E-state index contributed by atoms with van der Waals surface area (Å²) in [6, 6.07) is 4.02. The van der Waals surface area contributed by atoms with Crippen molar-refractivity contribution in [3.05, 3.63) is 33.9 Å². The number of nitrogens with one attached hydrogen (secondary N) is 1. The smallest absolute Gasteiger partial charge is 0.310 e. The molecule has 0 saturated heterocycles. The van der Waals surface area contributed by atoms with Crippen molar-refractivity contribution in [2.24, 2.45) is 5.73 Å². The normalized spacial score (nSPS) is 15.3. The van der Waals surface area contributed by atoms with Gasteiger partial charge in [-0.25, -0.2) is 0 Å². The Kier molecular flexibility index (Phi) is 5.51. The molecule has 0 unspecified atom stereocenters. The lowest BCUT2D eigenvalue weighted by atomic mass is 9.78. The van der Waals surface area contributed by atoms with E-state index in [-0.39, 0.29) is 35.3 Å². The highest BCUT2D eigenvalue weighted by molar-refractivity contribution is 5.95. The maximum Gasteiger partial charge on any atom is 0.310 e. The molecule has 1 aromatic rings. The van der Waals surface area contributed by atoms with E-state index in [1.54, 1.807) is 0 Å². The third-order valence-electron chi connectivity index (χ3n) is 3.59. The van der Waals surface area contributed by atoms with Crippen LogP contribution in [-0.4, -0.2) is 30.0 Å². The molecule has 0 heterocycles. The van der Waals surface area contributed by atoms with E-state index in [0.29, 0.717) is 12.1 Å². The zero-order chi connectivity index (χ0) is 14.8. The molecule has 0 bridgehead atoms. The summed E-state index contributed by atoms with van der Waals surface area (Å²) < 4.78 is 4.93. The lowest BCUT2D eigenvalue weighted by molar-refractivity contribution is -0.385. The number of carbonyl (C=O) groups is 1. The summed E-state index contributed by atoms with van der Waals surface area (Å²) in [5.41, 5.74) is 5.86. The fraction of sp³-hybridized carbons (Fsp3) is 0.462. The number of nitro groups is 1. The molecule has 2 rings (SSSR count). The summed E-state index contributed by atoms with van der Waals surface area (Å²) in [5, 5.41) is 13.5. The van der Waals surface area contributed by atoms with Crippen LogP contribution in [-0.2, 0) is 0 Å². The molecule has 0 aromatic heterocycles. The highest BCUT2D eigenvalue weighted by Gasteiger charge is 2.32. The summed E-state index contributed by atoms with van der Waals surface area (Å²) in [6.07, 6.45) is 2.88. The highest BCUT2D eigenvalue weighted by Crippen LogP contribution is 2.29. The first-order valence-corrected chi connectivity index (χ1v) is 6.35. The second-order valence-corrected chi connectivity index (χ2v) is 5.04. The van der Waals surface area contributed by atoms with Gasteiger partial charge in [0.05, 0.1) is 12.0 Å². The van der Waals surface area contributed by atoms with E-state index < -0.39 is 4.92 Å². The third kappa shape index (κ3) is 3.83. The quantitative estimate of drug-likeness (QED) is 0.634. The first kappa shape index (κ1) is 17.2. The first-order chi connectivity index (χ1) is 9.45. The highest BCUT2D eigenvalue weighted by atomic mass is 35.5. The fourth-order valence-electron chi connectivity index (χ4n) is 2.14. The molecule has 1 aliphatic rings. The molecular formula is C13H18ClN3O4. The van der Waals surface area contributed by atoms with Gasteiger partial charge in [0.15, 0.2) is 5.75 Å². The summed E-state index contributed by atoms with van der Waals surface area (Å²) in [7, 11) is 1.33. The lowest BCUT2D eigenvalue weighted by Gasteiger charge is -2.38. The molecular weight excluding hydrogens is 298 g/mol. The third-order valence-corrected chi connectivity index (χ3v) is 3.59. The summed E-state index contributed by atoms with van der Waals surface area (Å²) in [6.45, 7) is 0.408. The van der Waals surface area contributed by atoms with Gasteiger partial charge in [-0.2, -0.15) is 0 Å². The number of ether oxygens (including phenoxy) is 1. The monoisotopic (exact) mass is 315 g/mol. The lowest BCUT2D eigenvalue weighted by Crippen LogP contribution is -2.54. The molecule has 21 heavy (non-hydrogen) atoms. The van der Waals surface area contributed by atoms with Gasteiger partial charge in [0, 0.05) is 29.8 Å². The Morgan fingerprint density at radius 2 is 2.19 bits per heavy atom. The molecule has 1 saturated carbocycles. The molecule has 7 nitrogen and oxygen atoms in total. The molecule has 3 N–H and O–H groups in total. The van der Waals surface area contributed by atoms with Crippen molar-refractivity contribution in [1.29, 1.82) is 0 Å². The minimum absolute atomic E-state index is 0. The largest absolute Gasteiger partial charge is 0.490 e. The molecule has 1 fully saturated rings. The molecule has 1 aromatic carbocycles. The van der Waals surface area contributed by atoms with Crippen LogP contribution in [0.1, 0.15) is 29.6 Å². The van der Waals surface area contributed by atoms with Crippen LogP contribution in [0.5, 0.6) is 5.75 Å². The Balaban J connectivity index is 0.00000220. The minimum Gasteiger partial charge on any atom is -0.490 e.